The molecule has 1 aliphatic heterocycles. The molecule has 2 unspecified atom stereocenters. The van der Waals surface area contributed by atoms with Crippen molar-refractivity contribution in [3.05, 3.63) is 12.3 Å². The summed E-state index contributed by atoms with van der Waals surface area (Å²) < 4.78 is 5.39. The maximum Gasteiger partial charge on any atom is 0.109 e. The topological polar surface area (TPSA) is 53.5 Å². The zero-order valence-corrected chi connectivity index (χ0v) is 6.86. The predicted molar refractivity (Wildman–Crippen MR) is 46.0 cm³/mol. The second-order valence-electron chi connectivity index (χ2n) is 2.69. The van der Waals surface area contributed by atoms with Crippen LogP contribution in [-0.4, -0.2) is 38.3 Å². The van der Waals surface area contributed by atoms with Gasteiger partial charge >= 0.3 is 0 Å². The van der Waals surface area contributed by atoms with E-state index in [0.717, 1.165) is 19.5 Å². The van der Waals surface area contributed by atoms with Crippen LogP contribution in [0.2, 0.25) is 0 Å². The molecular formula is C7H13BN2O2. The Bertz CT molecular complexity index is 154. The minimum atomic E-state index is -0.214. The van der Waals surface area contributed by atoms with Crippen molar-refractivity contribution in [1.82, 2.24) is 10.8 Å². The Balaban J connectivity index is 2.35. The molecule has 0 spiro atoms. The Morgan fingerprint density at radius 1 is 1.67 bits per heavy atom. The van der Waals surface area contributed by atoms with Gasteiger partial charge in [0.25, 0.3) is 0 Å². The fourth-order valence-corrected chi connectivity index (χ4v) is 1.09. The molecule has 1 rings (SSSR count). The molecule has 4 nitrogen and oxygen atoms in total. The number of hydrogen-bond acceptors (Lipinski definition) is 4. The predicted octanol–water partition coefficient (Wildman–Crippen LogP) is -0.648. The van der Waals surface area contributed by atoms with Gasteiger partial charge in [0.1, 0.15) is 7.85 Å². The third-order valence-electron chi connectivity index (χ3n) is 1.69. The minimum absolute atomic E-state index is 0.0675. The first-order chi connectivity index (χ1) is 5.83. The lowest BCUT2D eigenvalue weighted by Crippen LogP contribution is -2.25. The van der Waals surface area contributed by atoms with Crippen LogP contribution in [0.5, 0.6) is 0 Å². The van der Waals surface area contributed by atoms with Crippen molar-refractivity contribution in [1.29, 1.82) is 0 Å². The van der Waals surface area contributed by atoms with Gasteiger partial charge in [0.05, 0.1) is 6.10 Å². The fraction of sp³-hybridized carbons (Fsp3) is 0.714. The van der Waals surface area contributed by atoms with Crippen molar-refractivity contribution in [2.75, 3.05) is 13.1 Å². The first kappa shape index (κ1) is 9.57. The molecule has 2 atom stereocenters. The van der Waals surface area contributed by atoms with Crippen LogP contribution in [-0.2, 0) is 4.74 Å². The summed E-state index contributed by atoms with van der Waals surface area (Å²) in [7, 11) is 5.62. The van der Waals surface area contributed by atoms with Crippen LogP contribution in [0.15, 0.2) is 12.3 Å². The molecule has 0 saturated carbocycles. The molecule has 0 aromatic carbocycles. The highest BCUT2D eigenvalue weighted by Gasteiger charge is 2.13. The van der Waals surface area contributed by atoms with E-state index in [1.165, 1.54) is 6.20 Å². The van der Waals surface area contributed by atoms with Crippen LogP contribution in [0.4, 0.5) is 0 Å². The molecule has 5 heteroatoms. The van der Waals surface area contributed by atoms with E-state index in [-0.39, 0.29) is 12.1 Å². The second-order valence-corrected chi connectivity index (χ2v) is 2.69. The summed E-state index contributed by atoms with van der Waals surface area (Å²) >= 11 is 0. The molecule has 1 fully saturated rings. The molecule has 0 aromatic rings. The first-order valence-electron chi connectivity index (χ1n) is 4.01. The van der Waals surface area contributed by atoms with E-state index >= 15 is 0 Å². The molecule has 1 saturated heterocycles. The summed E-state index contributed by atoms with van der Waals surface area (Å²) in [4.78, 5) is 0. The smallest absolute Gasteiger partial charge is 0.109 e. The molecule has 2 radical (unpaired) electrons. The van der Waals surface area contributed by atoms with Gasteiger partial charge in [0.15, 0.2) is 0 Å². The summed E-state index contributed by atoms with van der Waals surface area (Å²) in [6, 6.07) is -0.214. The van der Waals surface area contributed by atoms with Crippen molar-refractivity contribution in [2.45, 2.75) is 18.5 Å². The maximum absolute atomic E-state index is 8.29. The van der Waals surface area contributed by atoms with Gasteiger partial charge in [0.2, 0.25) is 0 Å². The SMILES string of the molecule is [B]C1CCNCC(/C=C/NO)O1. The van der Waals surface area contributed by atoms with Crippen molar-refractivity contribution in [3.8, 4) is 0 Å². The standard InChI is InChI=1S/C7H13BN2O2/c8-7-2-3-9-5-6(12-7)1-4-10-11/h1,4,6-7,9-11H,2-3,5H2/b4-1+. The van der Waals surface area contributed by atoms with Gasteiger partial charge in [-0.05, 0) is 19.0 Å². The Morgan fingerprint density at radius 2 is 2.50 bits per heavy atom. The lowest BCUT2D eigenvalue weighted by Gasteiger charge is -2.14. The largest absolute Gasteiger partial charge is 0.379 e. The highest BCUT2D eigenvalue weighted by Crippen LogP contribution is 2.03. The van der Waals surface area contributed by atoms with Gasteiger partial charge in [-0.2, -0.15) is 0 Å². The van der Waals surface area contributed by atoms with Gasteiger partial charge in [-0.3, -0.25) is 10.7 Å². The van der Waals surface area contributed by atoms with Crippen molar-refractivity contribution < 1.29 is 9.94 Å². The van der Waals surface area contributed by atoms with E-state index in [4.69, 9.17) is 17.8 Å². The average Bonchev–Trinajstić information content (AvgIpc) is 2.26. The summed E-state index contributed by atoms with van der Waals surface area (Å²) in [6.45, 7) is 1.60. The van der Waals surface area contributed by atoms with Crippen LogP contribution < -0.4 is 10.8 Å². The van der Waals surface area contributed by atoms with Gasteiger partial charge in [-0.1, -0.05) is 0 Å². The Kier molecular flexibility index (Phi) is 4.14. The van der Waals surface area contributed by atoms with E-state index in [1.807, 2.05) is 5.48 Å². The van der Waals surface area contributed by atoms with Gasteiger partial charge in [-0.15, -0.1) is 0 Å². The second kappa shape index (κ2) is 5.19. The molecule has 1 aliphatic rings. The number of rotatable bonds is 2. The van der Waals surface area contributed by atoms with E-state index in [1.54, 1.807) is 6.08 Å². The Labute approximate surface area is 73.3 Å². The van der Waals surface area contributed by atoms with Crippen LogP contribution in [0.3, 0.4) is 0 Å². The van der Waals surface area contributed by atoms with Gasteiger partial charge in [0, 0.05) is 18.7 Å². The zero-order valence-electron chi connectivity index (χ0n) is 6.86. The quantitative estimate of drug-likeness (QED) is 0.379. The Hall–Kier alpha value is -0.515. The van der Waals surface area contributed by atoms with E-state index in [2.05, 4.69) is 5.32 Å². The maximum atomic E-state index is 8.29. The van der Waals surface area contributed by atoms with E-state index < -0.39 is 0 Å². The van der Waals surface area contributed by atoms with Crippen molar-refractivity contribution in [3.63, 3.8) is 0 Å². The van der Waals surface area contributed by atoms with Gasteiger partial charge in [-0.25, -0.2) is 0 Å². The molecule has 1 heterocycles. The molecule has 66 valence electrons. The third kappa shape index (κ3) is 3.25. The number of nitrogens with one attached hydrogen (secondary N) is 2. The number of ether oxygens (including phenoxy) is 1. The highest BCUT2D eigenvalue weighted by molar-refractivity contribution is 6.11. The monoisotopic (exact) mass is 168 g/mol. The summed E-state index contributed by atoms with van der Waals surface area (Å²) in [6.07, 6.45) is 3.89. The lowest BCUT2D eigenvalue weighted by atomic mass is 9.97. The molecule has 3 N–H and O–H groups in total. The van der Waals surface area contributed by atoms with E-state index in [0.29, 0.717) is 0 Å². The number of hydroxylamine groups is 1. The lowest BCUT2D eigenvalue weighted by molar-refractivity contribution is 0.0715. The molecule has 0 bridgehead atoms. The fourth-order valence-electron chi connectivity index (χ4n) is 1.09. The van der Waals surface area contributed by atoms with Gasteiger partial charge < -0.3 is 10.1 Å². The van der Waals surface area contributed by atoms with Crippen LogP contribution >= 0.6 is 0 Å². The minimum Gasteiger partial charge on any atom is -0.379 e. The average molecular weight is 168 g/mol. The first-order valence-corrected chi connectivity index (χ1v) is 4.01. The zero-order chi connectivity index (χ0) is 8.81. The van der Waals surface area contributed by atoms with Crippen molar-refractivity contribution in [2.24, 2.45) is 0 Å². The van der Waals surface area contributed by atoms with Crippen molar-refractivity contribution >= 4 is 7.85 Å². The molecule has 0 amide bonds. The molecular weight excluding hydrogens is 155 g/mol. The Morgan fingerprint density at radius 3 is 3.25 bits per heavy atom. The summed E-state index contributed by atoms with van der Waals surface area (Å²) in [5.41, 5.74) is 1.92. The van der Waals surface area contributed by atoms with Crippen LogP contribution in [0.1, 0.15) is 6.42 Å². The normalized spacial score (nSPS) is 31.8. The highest BCUT2D eigenvalue weighted by atomic mass is 16.5. The molecule has 12 heavy (non-hydrogen) atoms. The summed E-state index contributed by atoms with van der Waals surface area (Å²) in [5.74, 6) is 0. The molecule has 0 aliphatic carbocycles. The molecule has 0 aromatic heterocycles. The van der Waals surface area contributed by atoms with E-state index in [9.17, 15) is 0 Å². The van der Waals surface area contributed by atoms with Crippen LogP contribution in [0.25, 0.3) is 0 Å². The third-order valence-corrected chi connectivity index (χ3v) is 1.69. The summed E-state index contributed by atoms with van der Waals surface area (Å²) in [5, 5.41) is 11.5. The van der Waals surface area contributed by atoms with Crippen LogP contribution in [0, 0.1) is 0 Å². The number of hydrogen-bond donors (Lipinski definition) is 3.